The topological polar surface area (TPSA) is 28.2 Å². The molecule has 27 heavy (non-hydrogen) atoms. The van der Waals surface area contributed by atoms with Crippen LogP contribution in [-0.2, 0) is 6.42 Å². The molecule has 0 atom stereocenters. The predicted octanol–water partition coefficient (Wildman–Crippen LogP) is 5.06. The van der Waals surface area contributed by atoms with E-state index in [-0.39, 0.29) is 5.56 Å². The van der Waals surface area contributed by atoms with Crippen LogP contribution in [0.1, 0.15) is 43.0 Å². The second-order valence-electron chi connectivity index (χ2n) is 7.25. The highest BCUT2D eigenvalue weighted by Crippen LogP contribution is 2.39. The average molecular weight is 395 g/mol. The zero-order valence-electron chi connectivity index (χ0n) is 15.8. The molecule has 7 heteroatoms. The fourth-order valence-corrected chi connectivity index (χ4v) is 4.88. The molecule has 146 valence electrons. The van der Waals surface area contributed by atoms with Gasteiger partial charge < -0.3 is 10.2 Å². The van der Waals surface area contributed by atoms with E-state index < -0.39 is 12.6 Å². The van der Waals surface area contributed by atoms with E-state index in [1.807, 2.05) is 0 Å². The molecule has 3 nitrogen and oxygen atoms in total. The van der Waals surface area contributed by atoms with E-state index in [0.29, 0.717) is 22.3 Å². The van der Waals surface area contributed by atoms with E-state index in [2.05, 4.69) is 41.1 Å². The lowest BCUT2D eigenvalue weighted by Crippen LogP contribution is -2.36. The Morgan fingerprint density at radius 2 is 1.93 bits per heavy atom. The molecule has 3 rings (SSSR count). The molecular weight excluding hydrogens is 371 g/mol. The third-order valence-electron chi connectivity index (χ3n) is 5.10. The third kappa shape index (κ3) is 4.74. The van der Waals surface area contributed by atoms with Crippen molar-refractivity contribution in [3.63, 3.8) is 0 Å². The first-order valence-corrected chi connectivity index (χ1v) is 9.92. The molecule has 2 heterocycles. The Morgan fingerprint density at radius 3 is 2.52 bits per heavy atom. The van der Waals surface area contributed by atoms with Crippen molar-refractivity contribution in [1.29, 1.82) is 0 Å². The van der Waals surface area contributed by atoms with Crippen molar-refractivity contribution in [2.24, 2.45) is 0 Å². The highest BCUT2D eigenvalue weighted by atomic mass is 32.1. The summed E-state index contributed by atoms with van der Waals surface area (Å²) in [5, 5.41) is 4.09. The van der Waals surface area contributed by atoms with Crippen LogP contribution in [0.15, 0.2) is 12.4 Å². The SMILES string of the molecule is CC#Cc1sc2c(NC3CCC(N(C)C)CC3)cncc2c1CC(F)(F)F. The highest BCUT2D eigenvalue weighted by Gasteiger charge is 2.31. The van der Waals surface area contributed by atoms with E-state index in [1.54, 1.807) is 13.1 Å². The molecule has 0 unspecified atom stereocenters. The second-order valence-corrected chi connectivity index (χ2v) is 8.27. The van der Waals surface area contributed by atoms with Gasteiger partial charge in [0.25, 0.3) is 0 Å². The van der Waals surface area contributed by atoms with Crippen LogP contribution in [-0.4, -0.2) is 42.2 Å². The molecule has 0 aromatic carbocycles. The van der Waals surface area contributed by atoms with Crippen LogP contribution in [0.3, 0.4) is 0 Å². The summed E-state index contributed by atoms with van der Waals surface area (Å²) >= 11 is 1.33. The first-order valence-electron chi connectivity index (χ1n) is 9.10. The Balaban J connectivity index is 1.89. The number of anilines is 1. The van der Waals surface area contributed by atoms with E-state index in [0.717, 1.165) is 36.1 Å². The van der Waals surface area contributed by atoms with Gasteiger partial charge >= 0.3 is 6.18 Å². The molecule has 0 radical (unpaired) electrons. The van der Waals surface area contributed by atoms with Gasteiger partial charge in [0.15, 0.2) is 0 Å². The minimum absolute atomic E-state index is 0.240. The molecule has 0 aliphatic heterocycles. The average Bonchev–Trinajstić information content (AvgIpc) is 2.93. The largest absolute Gasteiger partial charge is 0.393 e. The van der Waals surface area contributed by atoms with Crippen molar-refractivity contribution in [3.8, 4) is 11.8 Å². The van der Waals surface area contributed by atoms with Gasteiger partial charge in [-0.1, -0.05) is 5.92 Å². The lowest BCUT2D eigenvalue weighted by Gasteiger charge is -2.33. The fraction of sp³-hybridized carbons (Fsp3) is 0.550. The molecule has 1 N–H and O–H groups in total. The lowest BCUT2D eigenvalue weighted by molar-refractivity contribution is -0.126. The number of rotatable bonds is 4. The van der Waals surface area contributed by atoms with Gasteiger partial charge in [-0.05, 0) is 52.3 Å². The Morgan fingerprint density at radius 1 is 1.22 bits per heavy atom. The van der Waals surface area contributed by atoms with Crippen LogP contribution in [0.2, 0.25) is 0 Å². The van der Waals surface area contributed by atoms with Crippen molar-refractivity contribution in [2.45, 2.75) is 57.3 Å². The Labute approximate surface area is 162 Å². The molecule has 2 aromatic rings. The van der Waals surface area contributed by atoms with Crippen molar-refractivity contribution >= 4 is 27.1 Å². The monoisotopic (exact) mass is 395 g/mol. The molecular formula is C20H24F3N3S. The summed E-state index contributed by atoms with van der Waals surface area (Å²) < 4.78 is 40.0. The van der Waals surface area contributed by atoms with Crippen LogP contribution < -0.4 is 5.32 Å². The zero-order chi connectivity index (χ0) is 19.6. The predicted molar refractivity (Wildman–Crippen MR) is 105 cm³/mol. The number of alkyl halides is 3. The van der Waals surface area contributed by atoms with Crippen molar-refractivity contribution in [3.05, 3.63) is 22.8 Å². The van der Waals surface area contributed by atoms with E-state index >= 15 is 0 Å². The maximum Gasteiger partial charge on any atom is 0.393 e. The van der Waals surface area contributed by atoms with Gasteiger partial charge in [0.1, 0.15) is 0 Å². The van der Waals surface area contributed by atoms with Crippen LogP contribution in [0, 0.1) is 11.8 Å². The van der Waals surface area contributed by atoms with Gasteiger partial charge in [0, 0.05) is 23.7 Å². The summed E-state index contributed by atoms with van der Waals surface area (Å²) in [4.78, 5) is 6.95. The number of fused-ring (bicyclic) bond motifs is 1. The summed E-state index contributed by atoms with van der Waals surface area (Å²) in [6, 6.07) is 0.922. The molecule has 1 aliphatic rings. The van der Waals surface area contributed by atoms with Crippen LogP contribution in [0.4, 0.5) is 18.9 Å². The van der Waals surface area contributed by atoms with Crippen LogP contribution in [0.5, 0.6) is 0 Å². The van der Waals surface area contributed by atoms with E-state index in [4.69, 9.17) is 0 Å². The molecule has 0 amide bonds. The summed E-state index contributed by atoms with van der Waals surface area (Å²) in [5.41, 5.74) is 1.06. The van der Waals surface area contributed by atoms with Crippen molar-refractivity contribution < 1.29 is 13.2 Å². The van der Waals surface area contributed by atoms with Gasteiger partial charge in [-0.2, -0.15) is 13.2 Å². The highest BCUT2D eigenvalue weighted by molar-refractivity contribution is 7.20. The first-order chi connectivity index (χ1) is 12.8. The summed E-state index contributed by atoms with van der Waals surface area (Å²) in [6.45, 7) is 1.64. The van der Waals surface area contributed by atoms with E-state index in [1.165, 1.54) is 17.5 Å². The fourth-order valence-electron chi connectivity index (χ4n) is 3.71. The van der Waals surface area contributed by atoms with Gasteiger partial charge in [-0.3, -0.25) is 4.98 Å². The molecule has 1 fully saturated rings. The summed E-state index contributed by atoms with van der Waals surface area (Å²) in [6.07, 6.45) is 2.32. The van der Waals surface area contributed by atoms with Gasteiger partial charge in [-0.15, -0.1) is 17.3 Å². The number of aromatic nitrogens is 1. The first kappa shape index (κ1) is 20.0. The molecule has 1 aliphatic carbocycles. The molecule has 0 saturated heterocycles. The number of halogens is 3. The van der Waals surface area contributed by atoms with Crippen LogP contribution >= 0.6 is 11.3 Å². The minimum atomic E-state index is -4.27. The van der Waals surface area contributed by atoms with Gasteiger partial charge in [-0.25, -0.2) is 0 Å². The van der Waals surface area contributed by atoms with E-state index in [9.17, 15) is 13.2 Å². The number of nitrogens with zero attached hydrogens (tertiary/aromatic N) is 2. The molecule has 1 saturated carbocycles. The quantitative estimate of drug-likeness (QED) is 0.734. The standard InChI is InChI=1S/C20H24F3N3S/c1-4-5-18-15(10-20(21,22)23)16-11-24-12-17(19(16)27-18)25-13-6-8-14(9-7-13)26(2)3/h11-14,25H,6-10H2,1-3H3. The minimum Gasteiger partial charge on any atom is -0.380 e. The van der Waals surface area contributed by atoms with Crippen molar-refractivity contribution in [1.82, 2.24) is 9.88 Å². The molecule has 0 spiro atoms. The molecule has 0 bridgehead atoms. The number of hydrogen-bond donors (Lipinski definition) is 1. The van der Waals surface area contributed by atoms with Crippen LogP contribution in [0.25, 0.3) is 10.1 Å². The normalized spacial score (nSPS) is 20.6. The maximum atomic E-state index is 13.1. The number of nitrogens with one attached hydrogen (secondary N) is 1. The zero-order valence-corrected chi connectivity index (χ0v) is 16.6. The number of thiophene rings is 1. The maximum absolute atomic E-state index is 13.1. The second kappa shape index (κ2) is 8.07. The Kier molecular flexibility index (Phi) is 5.97. The Bertz CT molecular complexity index is 853. The lowest BCUT2D eigenvalue weighted by atomic mass is 9.90. The smallest absolute Gasteiger partial charge is 0.380 e. The molecule has 2 aromatic heterocycles. The summed E-state index contributed by atoms with van der Waals surface area (Å²) in [5.74, 6) is 5.58. The third-order valence-corrected chi connectivity index (χ3v) is 6.30. The Hall–Kier alpha value is -1.78. The van der Waals surface area contributed by atoms with Crippen molar-refractivity contribution in [2.75, 3.05) is 19.4 Å². The van der Waals surface area contributed by atoms with Gasteiger partial charge in [0.2, 0.25) is 0 Å². The van der Waals surface area contributed by atoms with Gasteiger partial charge in [0.05, 0.1) is 27.9 Å². The number of pyridine rings is 1. The summed E-state index contributed by atoms with van der Waals surface area (Å²) in [7, 11) is 4.21. The number of hydrogen-bond acceptors (Lipinski definition) is 4.